The molecule has 100 valence electrons. The van der Waals surface area contributed by atoms with E-state index in [1.807, 2.05) is 0 Å². The first-order valence-electron chi connectivity index (χ1n) is 5.97. The predicted octanol–water partition coefficient (Wildman–Crippen LogP) is 0.0224. The van der Waals surface area contributed by atoms with Gasteiger partial charge in [-0.15, -0.1) is 0 Å². The van der Waals surface area contributed by atoms with Crippen LogP contribution in [0.4, 0.5) is 0 Å². The van der Waals surface area contributed by atoms with Crippen LogP contribution in [-0.2, 0) is 19.2 Å². The molecule has 0 bridgehead atoms. The maximum Gasteiger partial charge on any atom is 0.319 e. The number of carbonyl (C=O) groups excluding carboxylic acids is 4. The van der Waals surface area contributed by atoms with Crippen LogP contribution < -0.4 is 0 Å². The largest absolute Gasteiger partial charge is 0.319 e. The SMILES string of the molecule is CC(C)CN1C(=O)C(=O)N(CC(C)C)C(=O)C1=O. The third-order valence-electron chi connectivity index (χ3n) is 2.44. The van der Waals surface area contributed by atoms with Crippen molar-refractivity contribution in [1.82, 2.24) is 9.80 Å². The molecule has 0 N–H and O–H groups in total. The second-order valence-corrected chi connectivity index (χ2v) is 5.23. The second-order valence-electron chi connectivity index (χ2n) is 5.23. The third kappa shape index (κ3) is 2.75. The second kappa shape index (κ2) is 5.29. The van der Waals surface area contributed by atoms with E-state index in [0.29, 0.717) is 0 Å². The Morgan fingerprint density at radius 2 is 0.889 bits per heavy atom. The fourth-order valence-electron chi connectivity index (χ4n) is 1.71. The average molecular weight is 254 g/mol. The molecule has 0 spiro atoms. The van der Waals surface area contributed by atoms with Crippen molar-refractivity contribution in [2.24, 2.45) is 11.8 Å². The van der Waals surface area contributed by atoms with Gasteiger partial charge in [-0.25, -0.2) is 0 Å². The van der Waals surface area contributed by atoms with E-state index in [2.05, 4.69) is 0 Å². The summed E-state index contributed by atoms with van der Waals surface area (Å²) in [6, 6.07) is 0. The molecule has 1 aliphatic rings. The van der Waals surface area contributed by atoms with E-state index >= 15 is 0 Å². The van der Waals surface area contributed by atoms with Gasteiger partial charge in [0, 0.05) is 13.1 Å². The van der Waals surface area contributed by atoms with Crippen LogP contribution in [0.15, 0.2) is 0 Å². The van der Waals surface area contributed by atoms with Gasteiger partial charge in [0.1, 0.15) is 0 Å². The van der Waals surface area contributed by atoms with E-state index in [4.69, 9.17) is 0 Å². The number of hydrogen-bond acceptors (Lipinski definition) is 4. The topological polar surface area (TPSA) is 74.8 Å². The minimum Gasteiger partial charge on any atom is -0.266 e. The normalized spacial score (nSPS) is 17.4. The molecule has 1 fully saturated rings. The minimum absolute atomic E-state index is 0.00940. The third-order valence-corrected chi connectivity index (χ3v) is 2.44. The highest BCUT2D eigenvalue weighted by Gasteiger charge is 2.44. The molecule has 0 aliphatic carbocycles. The monoisotopic (exact) mass is 254 g/mol. The maximum atomic E-state index is 11.8. The van der Waals surface area contributed by atoms with Crippen molar-refractivity contribution in [3.8, 4) is 0 Å². The Labute approximate surface area is 106 Å². The summed E-state index contributed by atoms with van der Waals surface area (Å²) in [5.74, 6) is -3.61. The molecular formula is C12H18N2O4. The van der Waals surface area contributed by atoms with E-state index < -0.39 is 23.6 Å². The Balaban J connectivity index is 2.96. The molecule has 1 heterocycles. The number of amides is 4. The lowest BCUT2D eigenvalue weighted by atomic mass is 10.1. The molecule has 4 amide bonds. The van der Waals surface area contributed by atoms with Crippen LogP contribution in [0.1, 0.15) is 27.7 Å². The van der Waals surface area contributed by atoms with E-state index in [-0.39, 0.29) is 24.9 Å². The summed E-state index contributed by atoms with van der Waals surface area (Å²) in [7, 11) is 0. The molecule has 1 rings (SSSR count). The number of piperazine rings is 1. The van der Waals surface area contributed by atoms with Gasteiger partial charge >= 0.3 is 23.6 Å². The van der Waals surface area contributed by atoms with Crippen LogP contribution in [0.2, 0.25) is 0 Å². The highest BCUT2D eigenvalue weighted by Crippen LogP contribution is 2.12. The van der Waals surface area contributed by atoms with Crippen molar-refractivity contribution in [1.29, 1.82) is 0 Å². The number of nitrogens with zero attached hydrogens (tertiary/aromatic N) is 2. The van der Waals surface area contributed by atoms with Gasteiger partial charge in [-0.2, -0.15) is 0 Å². The van der Waals surface area contributed by atoms with Gasteiger partial charge < -0.3 is 0 Å². The van der Waals surface area contributed by atoms with Crippen molar-refractivity contribution >= 4 is 23.6 Å². The Morgan fingerprint density at radius 1 is 0.667 bits per heavy atom. The molecule has 0 saturated carbocycles. The van der Waals surface area contributed by atoms with Crippen molar-refractivity contribution < 1.29 is 19.2 Å². The molecule has 6 heteroatoms. The number of carbonyl (C=O) groups is 4. The summed E-state index contributed by atoms with van der Waals surface area (Å²) in [4.78, 5) is 48.6. The minimum atomic E-state index is -0.908. The Bertz CT molecular complexity index is 335. The highest BCUT2D eigenvalue weighted by molar-refractivity contribution is 6.54. The maximum absolute atomic E-state index is 11.8. The summed E-state index contributed by atoms with van der Waals surface area (Å²) in [6.45, 7) is 7.38. The molecule has 0 aromatic rings. The summed E-state index contributed by atoms with van der Waals surface area (Å²) >= 11 is 0. The van der Waals surface area contributed by atoms with E-state index in [1.54, 1.807) is 27.7 Å². The fraction of sp³-hybridized carbons (Fsp3) is 0.667. The first-order valence-corrected chi connectivity index (χ1v) is 5.97. The zero-order valence-electron chi connectivity index (χ0n) is 11.1. The predicted molar refractivity (Wildman–Crippen MR) is 63.1 cm³/mol. The first kappa shape index (κ1) is 14.3. The fourth-order valence-corrected chi connectivity index (χ4v) is 1.71. The zero-order chi connectivity index (χ0) is 14.0. The van der Waals surface area contributed by atoms with Crippen LogP contribution >= 0.6 is 0 Å². The Hall–Kier alpha value is -1.72. The molecular weight excluding hydrogens is 236 g/mol. The van der Waals surface area contributed by atoms with Gasteiger partial charge in [-0.1, -0.05) is 27.7 Å². The van der Waals surface area contributed by atoms with Gasteiger partial charge in [0.05, 0.1) is 0 Å². The lowest BCUT2D eigenvalue weighted by Crippen LogP contribution is -2.61. The molecule has 1 saturated heterocycles. The van der Waals surface area contributed by atoms with Crippen LogP contribution in [0.3, 0.4) is 0 Å². The Kier molecular flexibility index (Phi) is 4.21. The Morgan fingerprint density at radius 3 is 1.06 bits per heavy atom. The van der Waals surface area contributed by atoms with Gasteiger partial charge in [0.2, 0.25) is 0 Å². The number of imide groups is 2. The molecule has 0 unspecified atom stereocenters. The lowest BCUT2D eigenvalue weighted by molar-refractivity contribution is -0.172. The summed E-state index contributed by atoms with van der Waals surface area (Å²) < 4.78 is 0. The summed E-state index contributed by atoms with van der Waals surface area (Å²) in [5.41, 5.74) is 0. The number of rotatable bonds is 4. The van der Waals surface area contributed by atoms with Crippen LogP contribution in [-0.4, -0.2) is 46.5 Å². The standard InChI is InChI=1S/C12H18N2O4/c1-7(2)5-13-9(15)11(17)14(6-8(3)4)12(18)10(13)16/h7-8H,5-6H2,1-4H3. The average Bonchev–Trinajstić information content (AvgIpc) is 2.27. The highest BCUT2D eigenvalue weighted by atomic mass is 16.2. The zero-order valence-corrected chi connectivity index (χ0v) is 11.1. The summed E-state index contributed by atoms with van der Waals surface area (Å²) in [6.07, 6.45) is 0. The molecule has 0 atom stereocenters. The van der Waals surface area contributed by atoms with Crippen molar-refractivity contribution in [3.63, 3.8) is 0 Å². The molecule has 0 radical (unpaired) electrons. The molecule has 1 aliphatic heterocycles. The van der Waals surface area contributed by atoms with Gasteiger partial charge in [-0.3, -0.25) is 29.0 Å². The van der Waals surface area contributed by atoms with Gasteiger partial charge in [0.15, 0.2) is 0 Å². The molecule has 18 heavy (non-hydrogen) atoms. The van der Waals surface area contributed by atoms with Crippen LogP contribution in [0.25, 0.3) is 0 Å². The smallest absolute Gasteiger partial charge is 0.266 e. The van der Waals surface area contributed by atoms with Crippen molar-refractivity contribution in [2.45, 2.75) is 27.7 Å². The van der Waals surface area contributed by atoms with Gasteiger partial charge in [-0.05, 0) is 11.8 Å². The van der Waals surface area contributed by atoms with Crippen LogP contribution in [0, 0.1) is 11.8 Å². The van der Waals surface area contributed by atoms with Crippen molar-refractivity contribution in [2.75, 3.05) is 13.1 Å². The van der Waals surface area contributed by atoms with Gasteiger partial charge in [0.25, 0.3) is 0 Å². The van der Waals surface area contributed by atoms with E-state index in [1.165, 1.54) is 0 Å². The quantitative estimate of drug-likeness (QED) is 0.523. The number of hydrogen-bond donors (Lipinski definition) is 0. The van der Waals surface area contributed by atoms with E-state index in [9.17, 15) is 19.2 Å². The van der Waals surface area contributed by atoms with Crippen molar-refractivity contribution in [3.05, 3.63) is 0 Å². The summed E-state index contributed by atoms with van der Waals surface area (Å²) in [5, 5.41) is 0. The molecule has 0 aromatic carbocycles. The van der Waals surface area contributed by atoms with Crippen LogP contribution in [0.5, 0.6) is 0 Å². The molecule has 0 aromatic heterocycles. The van der Waals surface area contributed by atoms with E-state index in [0.717, 1.165) is 9.80 Å². The first-order chi connectivity index (χ1) is 8.25. The lowest BCUT2D eigenvalue weighted by Gasteiger charge is -2.31. The molecule has 6 nitrogen and oxygen atoms in total.